The largest absolute Gasteiger partial charge is 0.454 e. The average Bonchev–Trinajstić information content (AvgIpc) is 3.17. The first-order chi connectivity index (χ1) is 11.1. The Labute approximate surface area is 134 Å². The molecule has 1 aromatic carbocycles. The van der Waals surface area contributed by atoms with Crippen LogP contribution in [0, 0.1) is 0 Å². The van der Waals surface area contributed by atoms with Gasteiger partial charge in [-0.25, -0.2) is 0 Å². The second-order valence-electron chi connectivity index (χ2n) is 5.86. The van der Waals surface area contributed by atoms with Gasteiger partial charge in [0.05, 0.1) is 0 Å². The SMILES string of the molecule is CNC(=O)[C@@H]1C[C@@H](N)CN1C(=O)CCc1ccc2c(c1)OCO2. The van der Waals surface area contributed by atoms with Crippen molar-refractivity contribution in [2.75, 3.05) is 20.4 Å². The lowest BCUT2D eigenvalue weighted by Crippen LogP contribution is -2.45. The van der Waals surface area contributed by atoms with Gasteiger partial charge in [-0.15, -0.1) is 0 Å². The number of hydrogen-bond donors (Lipinski definition) is 2. The summed E-state index contributed by atoms with van der Waals surface area (Å²) in [6.45, 7) is 0.662. The molecule has 7 heteroatoms. The van der Waals surface area contributed by atoms with Gasteiger partial charge < -0.3 is 25.4 Å². The third-order valence-corrected chi connectivity index (χ3v) is 4.27. The summed E-state index contributed by atoms with van der Waals surface area (Å²) in [5, 5.41) is 2.60. The predicted octanol–water partition coefficient (Wildman–Crippen LogP) is 0.0221. The molecule has 7 nitrogen and oxygen atoms in total. The van der Waals surface area contributed by atoms with Crippen molar-refractivity contribution in [2.24, 2.45) is 5.73 Å². The molecule has 0 unspecified atom stereocenters. The van der Waals surface area contributed by atoms with Crippen molar-refractivity contribution in [2.45, 2.75) is 31.3 Å². The Hall–Kier alpha value is -2.28. The fourth-order valence-corrected chi connectivity index (χ4v) is 3.05. The monoisotopic (exact) mass is 319 g/mol. The highest BCUT2D eigenvalue weighted by Gasteiger charge is 2.37. The van der Waals surface area contributed by atoms with E-state index in [1.54, 1.807) is 11.9 Å². The van der Waals surface area contributed by atoms with Crippen LogP contribution in [0.5, 0.6) is 11.5 Å². The summed E-state index contributed by atoms with van der Waals surface area (Å²) < 4.78 is 10.6. The Bertz CT molecular complexity index is 619. The van der Waals surface area contributed by atoms with E-state index in [0.717, 1.165) is 11.3 Å². The highest BCUT2D eigenvalue weighted by Crippen LogP contribution is 2.32. The second-order valence-corrected chi connectivity index (χ2v) is 5.86. The molecule has 0 aliphatic carbocycles. The second kappa shape index (κ2) is 6.45. The smallest absolute Gasteiger partial charge is 0.242 e. The lowest BCUT2D eigenvalue weighted by molar-refractivity contribution is -0.138. The zero-order valence-corrected chi connectivity index (χ0v) is 13.1. The van der Waals surface area contributed by atoms with Crippen molar-refractivity contribution in [1.29, 1.82) is 0 Å². The van der Waals surface area contributed by atoms with Crippen LogP contribution < -0.4 is 20.5 Å². The fraction of sp³-hybridized carbons (Fsp3) is 0.500. The average molecular weight is 319 g/mol. The highest BCUT2D eigenvalue weighted by molar-refractivity contribution is 5.88. The molecule has 1 fully saturated rings. The number of nitrogens with zero attached hydrogens (tertiary/aromatic N) is 1. The van der Waals surface area contributed by atoms with E-state index in [9.17, 15) is 9.59 Å². The van der Waals surface area contributed by atoms with E-state index < -0.39 is 6.04 Å². The summed E-state index contributed by atoms with van der Waals surface area (Å²) >= 11 is 0. The summed E-state index contributed by atoms with van der Waals surface area (Å²) in [5.74, 6) is 1.23. The van der Waals surface area contributed by atoms with E-state index in [-0.39, 0.29) is 24.6 Å². The molecule has 2 heterocycles. The molecular formula is C16H21N3O4. The molecule has 0 spiro atoms. The molecule has 3 rings (SSSR count). The zero-order valence-electron chi connectivity index (χ0n) is 13.1. The van der Waals surface area contributed by atoms with E-state index in [1.165, 1.54) is 0 Å². The Morgan fingerprint density at radius 1 is 1.35 bits per heavy atom. The van der Waals surface area contributed by atoms with Crippen molar-refractivity contribution < 1.29 is 19.1 Å². The Kier molecular flexibility index (Phi) is 4.38. The van der Waals surface area contributed by atoms with Crippen molar-refractivity contribution in [3.63, 3.8) is 0 Å². The number of ether oxygens (including phenoxy) is 2. The first kappa shape index (κ1) is 15.6. The maximum atomic E-state index is 12.5. The Morgan fingerprint density at radius 3 is 2.91 bits per heavy atom. The van der Waals surface area contributed by atoms with E-state index >= 15 is 0 Å². The third kappa shape index (κ3) is 3.24. The third-order valence-electron chi connectivity index (χ3n) is 4.27. The van der Waals surface area contributed by atoms with Crippen LogP contribution in [-0.2, 0) is 16.0 Å². The van der Waals surface area contributed by atoms with Crippen molar-refractivity contribution in [1.82, 2.24) is 10.2 Å². The normalized spacial score (nSPS) is 22.3. The molecule has 23 heavy (non-hydrogen) atoms. The minimum atomic E-state index is -0.459. The summed E-state index contributed by atoms with van der Waals surface area (Å²) in [7, 11) is 1.57. The van der Waals surface area contributed by atoms with Gasteiger partial charge in [0.1, 0.15) is 6.04 Å². The molecule has 2 aliphatic rings. The van der Waals surface area contributed by atoms with Gasteiger partial charge in [-0.05, 0) is 30.5 Å². The van der Waals surface area contributed by atoms with E-state index in [4.69, 9.17) is 15.2 Å². The van der Waals surface area contributed by atoms with Crippen molar-refractivity contribution >= 4 is 11.8 Å². The number of amides is 2. The maximum absolute atomic E-state index is 12.5. The molecule has 1 aromatic rings. The minimum absolute atomic E-state index is 0.0517. The lowest BCUT2D eigenvalue weighted by Gasteiger charge is -2.23. The number of carbonyl (C=O) groups is 2. The number of fused-ring (bicyclic) bond motifs is 1. The van der Waals surface area contributed by atoms with Crippen LogP contribution in [0.2, 0.25) is 0 Å². The molecule has 2 atom stereocenters. The molecule has 3 N–H and O–H groups in total. The number of aryl methyl sites for hydroxylation is 1. The van der Waals surface area contributed by atoms with Crippen LogP contribution in [0.15, 0.2) is 18.2 Å². The molecule has 2 amide bonds. The minimum Gasteiger partial charge on any atom is -0.454 e. The van der Waals surface area contributed by atoms with Crippen LogP contribution in [0.3, 0.4) is 0 Å². The fourth-order valence-electron chi connectivity index (χ4n) is 3.05. The van der Waals surface area contributed by atoms with Gasteiger partial charge in [-0.1, -0.05) is 6.07 Å². The van der Waals surface area contributed by atoms with E-state index in [1.807, 2.05) is 18.2 Å². The summed E-state index contributed by atoms with van der Waals surface area (Å²) in [6.07, 6.45) is 1.43. The van der Waals surface area contributed by atoms with Gasteiger partial charge in [0.15, 0.2) is 11.5 Å². The Balaban J connectivity index is 1.61. The van der Waals surface area contributed by atoms with Gasteiger partial charge in [-0.2, -0.15) is 0 Å². The first-order valence-electron chi connectivity index (χ1n) is 7.73. The van der Waals surface area contributed by atoms with Gasteiger partial charge in [0.25, 0.3) is 0 Å². The van der Waals surface area contributed by atoms with Gasteiger partial charge in [0, 0.05) is 26.1 Å². The topological polar surface area (TPSA) is 93.9 Å². The standard InChI is InChI=1S/C16H21N3O4/c1-18-16(21)12-7-11(17)8-19(12)15(20)5-3-10-2-4-13-14(6-10)23-9-22-13/h2,4,6,11-12H,3,5,7-9,17H2,1H3,(H,18,21)/t11-,12+/m1/s1. The summed E-state index contributed by atoms with van der Waals surface area (Å²) in [6, 6.07) is 5.06. The maximum Gasteiger partial charge on any atom is 0.242 e. The van der Waals surface area contributed by atoms with E-state index in [0.29, 0.717) is 31.6 Å². The van der Waals surface area contributed by atoms with Crippen LogP contribution >= 0.6 is 0 Å². The number of likely N-dealkylation sites (tertiary alicyclic amines) is 1. The zero-order chi connectivity index (χ0) is 16.4. The molecule has 0 radical (unpaired) electrons. The summed E-state index contributed by atoms with van der Waals surface area (Å²) in [5.41, 5.74) is 6.91. The molecule has 124 valence electrons. The van der Waals surface area contributed by atoms with Crippen LogP contribution in [0.1, 0.15) is 18.4 Å². The highest BCUT2D eigenvalue weighted by atomic mass is 16.7. The number of benzene rings is 1. The number of rotatable bonds is 4. The number of likely N-dealkylation sites (N-methyl/N-ethyl adjacent to an activating group) is 1. The lowest BCUT2D eigenvalue weighted by atomic mass is 10.1. The number of nitrogens with two attached hydrogens (primary N) is 1. The molecule has 0 bridgehead atoms. The van der Waals surface area contributed by atoms with Crippen molar-refractivity contribution in [3.05, 3.63) is 23.8 Å². The Morgan fingerprint density at radius 2 is 2.13 bits per heavy atom. The molecule has 0 aromatic heterocycles. The van der Waals surface area contributed by atoms with Gasteiger partial charge in [-0.3, -0.25) is 9.59 Å². The van der Waals surface area contributed by atoms with Crippen LogP contribution in [0.4, 0.5) is 0 Å². The van der Waals surface area contributed by atoms with Crippen LogP contribution in [-0.4, -0.2) is 49.2 Å². The predicted molar refractivity (Wildman–Crippen MR) is 83.0 cm³/mol. The van der Waals surface area contributed by atoms with Gasteiger partial charge in [0.2, 0.25) is 18.6 Å². The number of nitrogens with one attached hydrogen (secondary N) is 1. The molecule has 2 aliphatic heterocycles. The summed E-state index contributed by atoms with van der Waals surface area (Å²) in [4.78, 5) is 25.9. The molecule has 1 saturated heterocycles. The van der Waals surface area contributed by atoms with Crippen molar-refractivity contribution in [3.8, 4) is 11.5 Å². The number of carbonyl (C=O) groups excluding carboxylic acids is 2. The first-order valence-corrected chi connectivity index (χ1v) is 7.73. The number of hydrogen-bond acceptors (Lipinski definition) is 5. The molecular weight excluding hydrogens is 298 g/mol. The quantitative estimate of drug-likeness (QED) is 0.816. The van der Waals surface area contributed by atoms with E-state index in [2.05, 4.69) is 5.32 Å². The van der Waals surface area contributed by atoms with Gasteiger partial charge >= 0.3 is 0 Å². The van der Waals surface area contributed by atoms with Crippen LogP contribution in [0.25, 0.3) is 0 Å². The molecule has 0 saturated carbocycles.